The van der Waals surface area contributed by atoms with Gasteiger partial charge in [-0.3, -0.25) is 10.1 Å². The second kappa shape index (κ2) is 10.1. The summed E-state index contributed by atoms with van der Waals surface area (Å²) in [7, 11) is 1.61. The van der Waals surface area contributed by atoms with Crippen LogP contribution in [-0.4, -0.2) is 18.6 Å². The Morgan fingerprint density at radius 3 is 2.54 bits per heavy atom. The quantitative estimate of drug-likeness (QED) is 0.337. The second-order valence-electron chi connectivity index (χ2n) is 5.84. The Morgan fingerprint density at radius 1 is 1.19 bits per heavy atom. The summed E-state index contributed by atoms with van der Waals surface area (Å²) in [6.07, 6.45) is 2.30. The number of ether oxygens (including phenoxy) is 2. The molecule has 0 heterocycles. The molecule has 140 valence electrons. The summed E-state index contributed by atoms with van der Waals surface area (Å²) < 4.78 is 12.2. The largest absolute Gasteiger partial charge is 0.493 e. The summed E-state index contributed by atoms with van der Waals surface area (Å²) in [6, 6.07) is 10.2. The van der Waals surface area contributed by atoms with Crippen molar-refractivity contribution in [2.75, 3.05) is 13.7 Å². The number of rotatable bonds is 10. The molecule has 0 saturated carbocycles. The number of halogens is 1. The van der Waals surface area contributed by atoms with Crippen molar-refractivity contribution in [2.24, 2.45) is 0 Å². The van der Waals surface area contributed by atoms with Crippen LogP contribution in [0.1, 0.15) is 30.9 Å². The standard InChI is InChI=1S/C19H23BrN2O4/c1-3-4-9-21-12-15-10-18(25-2)19(11-17(15)20)26-13-14-5-7-16(8-6-14)22(23)24/h5-8,10-11,21H,3-4,9,12-13H2,1-2H3. The fraction of sp³-hybridized carbons (Fsp3) is 0.368. The van der Waals surface area contributed by atoms with Crippen molar-refractivity contribution in [3.63, 3.8) is 0 Å². The number of hydrogen-bond acceptors (Lipinski definition) is 5. The van der Waals surface area contributed by atoms with Gasteiger partial charge in [-0.15, -0.1) is 0 Å². The Kier molecular flexibility index (Phi) is 7.87. The van der Waals surface area contributed by atoms with Crippen LogP contribution in [0.5, 0.6) is 11.5 Å². The number of methoxy groups -OCH3 is 1. The van der Waals surface area contributed by atoms with Crippen LogP contribution in [-0.2, 0) is 13.2 Å². The lowest BCUT2D eigenvalue weighted by Crippen LogP contribution is -2.15. The predicted molar refractivity (Wildman–Crippen MR) is 105 cm³/mol. The van der Waals surface area contributed by atoms with Crippen LogP contribution >= 0.6 is 15.9 Å². The maximum Gasteiger partial charge on any atom is 0.269 e. The van der Waals surface area contributed by atoms with E-state index in [1.165, 1.54) is 12.1 Å². The number of nitrogens with one attached hydrogen (secondary N) is 1. The SMILES string of the molecule is CCCCNCc1cc(OC)c(OCc2ccc([N+](=O)[O-])cc2)cc1Br. The molecule has 0 unspecified atom stereocenters. The lowest BCUT2D eigenvalue weighted by Gasteiger charge is -2.14. The van der Waals surface area contributed by atoms with E-state index in [2.05, 4.69) is 28.2 Å². The van der Waals surface area contributed by atoms with Gasteiger partial charge in [0.1, 0.15) is 6.61 Å². The summed E-state index contributed by atoms with van der Waals surface area (Å²) in [5.41, 5.74) is 2.01. The highest BCUT2D eigenvalue weighted by atomic mass is 79.9. The number of nitrogens with zero attached hydrogens (tertiary/aromatic N) is 1. The van der Waals surface area contributed by atoms with Gasteiger partial charge in [0.2, 0.25) is 0 Å². The summed E-state index contributed by atoms with van der Waals surface area (Å²) in [5, 5.41) is 14.1. The Hall–Kier alpha value is -2.12. The first-order valence-corrected chi connectivity index (χ1v) is 9.27. The zero-order valence-electron chi connectivity index (χ0n) is 15.0. The van der Waals surface area contributed by atoms with E-state index in [0.29, 0.717) is 18.1 Å². The van der Waals surface area contributed by atoms with E-state index < -0.39 is 4.92 Å². The van der Waals surface area contributed by atoms with Gasteiger partial charge >= 0.3 is 0 Å². The van der Waals surface area contributed by atoms with Crippen LogP contribution in [0.4, 0.5) is 5.69 Å². The first-order valence-electron chi connectivity index (χ1n) is 8.48. The highest BCUT2D eigenvalue weighted by molar-refractivity contribution is 9.10. The van der Waals surface area contributed by atoms with Crippen LogP contribution < -0.4 is 14.8 Å². The fourth-order valence-electron chi connectivity index (χ4n) is 2.38. The molecule has 2 rings (SSSR count). The highest BCUT2D eigenvalue weighted by Crippen LogP contribution is 2.34. The third kappa shape index (κ3) is 5.71. The fourth-order valence-corrected chi connectivity index (χ4v) is 2.85. The first kappa shape index (κ1) is 20.2. The number of nitro benzene ring substituents is 1. The molecule has 2 aromatic rings. The minimum absolute atomic E-state index is 0.0639. The van der Waals surface area contributed by atoms with E-state index in [0.717, 1.165) is 41.5 Å². The molecule has 0 saturated heterocycles. The minimum atomic E-state index is -0.419. The van der Waals surface area contributed by atoms with E-state index in [4.69, 9.17) is 9.47 Å². The van der Waals surface area contributed by atoms with Crippen molar-refractivity contribution < 1.29 is 14.4 Å². The molecule has 2 aromatic carbocycles. The smallest absolute Gasteiger partial charge is 0.269 e. The van der Waals surface area contributed by atoms with E-state index in [9.17, 15) is 10.1 Å². The van der Waals surface area contributed by atoms with Gasteiger partial charge in [-0.05, 0) is 48.4 Å². The monoisotopic (exact) mass is 422 g/mol. The molecule has 0 atom stereocenters. The lowest BCUT2D eigenvalue weighted by molar-refractivity contribution is -0.384. The van der Waals surface area contributed by atoms with Crippen LogP contribution in [0.15, 0.2) is 40.9 Å². The van der Waals surface area contributed by atoms with E-state index in [1.807, 2.05) is 12.1 Å². The third-order valence-corrected chi connectivity index (χ3v) is 4.63. The van der Waals surface area contributed by atoms with Crippen molar-refractivity contribution in [3.8, 4) is 11.5 Å². The lowest BCUT2D eigenvalue weighted by atomic mass is 10.2. The van der Waals surface area contributed by atoms with Crippen LogP contribution in [0.25, 0.3) is 0 Å². The van der Waals surface area contributed by atoms with Crippen molar-refractivity contribution in [3.05, 3.63) is 62.1 Å². The average Bonchev–Trinajstić information content (AvgIpc) is 2.65. The van der Waals surface area contributed by atoms with Crippen molar-refractivity contribution >= 4 is 21.6 Å². The number of hydrogen-bond donors (Lipinski definition) is 1. The Bertz CT molecular complexity index is 735. The van der Waals surface area contributed by atoms with E-state index in [1.54, 1.807) is 19.2 Å². The molecule has 26 heavy (non-hydrogen) atoms. The molecule has 0 amide bonds. The molecule has 0 aliphatic heterocycles. The molecular weight excluding hydrogens is 400 g/mol. The molecular formula is C19H23BrN2O4. The molecule has 0 spiro atoms. The molecule has 7 heteroatoms. The Morgan fingerprint density at radius 2 is 1.92 bits per heavy atom. The Labute approximate surface area is 161 Å². The summed E-state index contributed by atoms with van der Waals surface area (Å²) >= 11 is 3.58. The van der Waals surface area contributed by atoms with Gasteiger partial charge in [-0.2, -0.15) is 0 Å². The van der Waals surface area contributed by atoms with Crippen molar-refractivity contribution in [1.29, 1.82) is 0 Å². The Balaban J connectivity index is 2.04. The number of non-ortho nitro benzene ring substituents is 1. The topological polar surface area (TPSA) is 73.6 Å². The summed E-state index contributed by atoms with van der Waals surface area (Å²) in [4.78, 5) is 10.3. The van der Waals surface area contributed by atoms with Crippen LogP contribution in [0.3, 0.4) is 0 Å². The average molecular weight is 423 g/mol. The number of benzene rings is 2. The molecule has 1 N–H and O–H groups in total. The normalized spacial score (nSPS) is 10.6. The predicted octanol–water partition coefficient (Wildman–Crippen LogP) is 4.83. The summed E-state index contributed by atoms with van der Waals surface area (Å²) in [5.74, 6) is 1.28. The molecule has 0 aliphatic carbocycles. The van der Waals surface area contributed by atoms with E-state index in [-0.39, 0.29) is 5.69 Å². The third-order valence-electron chi connectivity index (χ3n) is 3.90. The number of unbranched alkanes of at least 4 members (excludes halogenated alkanes) is 1. The van der Waals surface area contributed by atoms with Gasteiger partial charge < -0.3 is 14.8 Å². The van der Waals surface area contributed by atoms with Crippen molar-refractivity contribution in [1.82, 2.24) is 5.32 Å². The molecule has 0 radical (unpaired) electrons. The van der Waals surface area contributed by atoms with Crippen LogP contribution in [0.2, 0.25) is 0 Å². The first-order chi connectivity index (χ1) is 12.5. The number of nitro groups is 1. The molecule has 0 bridgehead atoms. The van der Waals surface area contributed by atoms with Gasteiger partial charge in [0.05, 0.1) is 12.0 Å². The maximum absolute atomic E-state index is 10.7. The highest BCUT2D eigenvalue weighted by Gasteiger charge is 2.11. The minimum Gasteiger partial charge on any atom is -0.493 e. The van der Waals surface area contributed by atoms with Crippen molar-refractivity contribution in [2.45, 2.75) is 32.9 Å². The van der Waals surface area contributed by atoms with Crippen LogP contribution in [0, 0.1) is 10.1 Å². The molecule has 6 nitrogen and oxygen atoms in total. The van der Waals surface area contributed by atoms with Gasteiger partial charge in [0, 0.05) is 23.2 Å². The maximum atomic E-state index is 10.7. The van der Waals surface area contributed by atoms with Gasteiger partial charge in [0.25, 0.3) is 5.69 Å². The van der Waals surface area contributed by atoms with Gasteiger partial charge in [-0.25, -0.2) is 0 Å². The summed E-state index contributed by atoms with van der Waals surface area (Å²) in [6.45, 7) is 4.19. The van der Waals surface area contributed by atoms with Gasteiger partial charge in [0.15, 0.2) is 11.5 Å². The molecule has 0 aromatic heterocycles. The van der Waals surface area contributed by atoms with Gasteiger partial charge in [-0.1, -0.05) is 29.3 Å². The molecule has 0 fully saturated rings. The zero-order chi connectivity index (χ0) is 18.9. The second-order valence-corrected chi connectivity index (χ2v) is 6.69. The molecule has 0 aliphatic rings. The zero-order valence-corrected chi connectivity index (χ0v) is 16.5. The van der Waals surface area contributed by atoms with E-state index >= 15 is 0 Å².